The van der Waals surface area contributed by atoms with Gasteiger partial charge in [0.25, 0.3) is 5.91 Å². The lowest BCUT2D eigenvalue weighted by Crippen LogP contribution is -2.37. The van der Waals surface area contributed by atoms with Crippen molar-refractivity contribution in [2.75, 3.05) is 13.1 Å². The van der Waals surface area contributed by atoms with Crippen molar-refractivity contribution in [1.29, 1.82) is 0 Å². The molecule has 0 aliphatic rings. The Kier molecular flexibility index (Phi) is 6.15. The summed E-state index contributed by atoms with van der Waals surface area (Å²) in [6.45, 7) is 0.524. The number of nitrogens with one attached hydrogen (secondary N) is 2. The molecule has 2 aromatic rings. The standard InChI is InChI=1S/C17H17BrN2O2/c18-15-8-4-7-14(11-15)17(22)20-12-16(21)19-10-9-13-5-2-1-3-6-13/h1-8,11H,9-10,12H2,(H,19,21)(H,20,22). The van der Waals surface area contributed by atoms with Crippen LogP contribution in [0.1, 0.15) is 15.9 Å². The second-order valence-corrected chi connectivity index (χ2v) is 5.69. The summed E-state index contributed by atoms with van der Waals surface area (Å²) in [5, 5.41) is 5.39. The van der Waals surface area contributed by atoms with Crippen molar-refractivity contribution < 1.29 is 9.59 Å². The molecule has 0 saturated carbocycles. The SMILES string of the molecule is O=C(CNC(=O)c1cccc(Br)c1)NCCc1ccccc1. The van der Waals surface area contributed by atoms with Crippen molar-refractivity contribution in [1.82, 2.24) is 10.6 Å². The van der Waals surface area contributed by atoms with Crippen LogP contribution in [0.3, 0.4) is 0 Å². The smallest absolute Gasteiger partial charge is 0.251 e. The van der Waals surface area contributed by atoms with Gasteiger partial charge in [-0.25, -0.2) is 0 Å². The summed E-state index contributed by atoms with van der Waals surface area (Å²) < 4.78 is 0.826. The van der Waals surface area contributed by atoms with Gasteiger partial charge in [0.15, 0.2) is 0 Å². The van der Waals surface area contributed by atoms with E-state index in [-0.39, 0.29) is 18.4 Å². The Bertz CT molecular complexity index is 644. The van der Waals surface area contributed by atoms with Gasteiger partial charge in [-0.2, -0.15) is 0 Å². The predicted octanol–water partition coefficient (Wildman–Crippen LogP) is 2.54. The first-order valence-electron chi connectivity index (χ1n) is 6.99. The Morgan fingerprint density at radius 2 is 1.73 bits per heavy atom. The highest BCUT2D eigenvalue weighted by molar-refractivity contribution is 9.10. The molecule has 0 spiro atoms. The molecule has 0 radical (unpaired) electrons. The van der Waals surface area contributed by atoms with Crippen LogP contribution in [0, 0.1) is 0 Å². The van der Waals surface area contributed by atoms with Crippen molar-refractivity contribution >= 4 is 27.7 Å². The van der Waals surface area contributed by atoms with E-state index < -0.39 is 0 Å². The first kappa shape index (κ1) is 16.2. The summed E-state index contributed by atoms with van der Waals surface area (Å²) in [5.41, 5.74) is 1.69. The van der Waals surface area contributed by atoms with E-state index in [0.29, 0.717) is 12.1 Å². The fraction of sp³-hybridized carbons (Fsp3) is 0.176. The van der Waals surface area contributed by atoms with Gasteiger partial charge in [0.1, 0.15) is 0 Å². The normalized spacial score (nSPS) is 10.0. The van der Waals surface area contributed by atoms with Gasteiger partial charge in [-0.15, -0.1) is 0 Å². The molecule has 2 aromatic carbocycles. The minimum Gasteiger partial charge on any atom is -0.354 e. The number of carbonyl (C=O) groups excluding carboxylic acids is 2. The van der Waals surface area contributed by atoms with Gasteiger partial charge in [-0.05, 0) is 30.2 Å². The molecular weight excluding hydrogens is 344 g/mol. The number of rotatable bonds is 6. The number of hydrogen-bond acceptors (Lipinski definition) is 2. The van der Waals surface area contributed by atoms with Crippen LogP contribution in [0.2, 0.25) is 0 Å². The minimum absolute atomic E-state index is 0.0276. The molecule has 0 aliphatic heterocycles. The molecule has 4 nitrogen and oxygen atoms in total. The second-order valence-electron chi connectivity index (χ2n) is 4.78. The van der Waals surface area contributed by atoms with Gasteiger partial charge >= 0.3 is 0 Å². The fourth-order valence-electron chi connectivity index (χ4n) is 1.95. The van der Waals surface area contributed by atoms with Crippen LogP contribution < -0.4 is 10.6 Å². The molecule has 0 aromatic heterocycles. The summed E-state index contributed by atoms with van der Waals surface area (Å²) in [6, 6.07) is 17.0. The highest BCUT2D eigenvalue weighted by Gasteiger charge is 2.07. The summed E-state index contributed by atoms with van der Waals surface area (Å²) >= 11 is 3.31. The number of halogens is 1. The molecule has 2 rings (SSSR count). The summed E-state index contributed by atoms with van der Waals surface area (Å²) in [6.07, 6.45) is 0.770. The first-order valence-corrected chi connectivity index (χ1v) is 7.79. The van der Waals surface area contributed by atoms with E-state index in [1.807, 2.05) is 36.4 Å². The van der Waals surface area contributed by atoms with Gasteiger partial charge in [-0.1, -0.05) is 52.3 Å². The zero-order valence-electron chi connectivity index (χ0n) is 12.0. The molecule has 5 heteroatoms. The van der Waals surface area contributed by atoms with Gasteiger partial charge < -0.3 is 10.6 Å². The van der Waals surface area contributed by atoms with Gasteiger partial charge in [0, 0.05) is 16.6 Å². The molecule has 22 heavy (non-hydrogen) atoms. The average Bonchev–Trinajstić information content (AvgIpc) is 2.53. The lowest BCUT2D eigenvalue weighted by Gasteiger charge is -2.07. The maximum Gasteiger partial charge on any atom is 0.251 e. The number of amides is 2. The van der Waals surface area contributed by atoms with Crippen molar-refractivity contribution in [2.24, 2.45) is 0 Å². The van der Waals surface area contributed by atoms with Crippen molar-refractivity contribution in [3.8, 4) is 0 Å². The molecule has 114 valence electrons. The summed E-state index contributed by atoms with van der Waals surface area (Å²) in [5.74, 6) is -0.459. The van der Waals surface area contributed by atoms with Crippen molar-refractivity contribution in [3.05, 3.63) is 70.2 Å². The fourth-order valence-corrected chi connectivity index (χ4v) is 2.35. The third-order valence-electron chi connectivity index (χ3n) is 3.07. The van der Waals surface area contributed by atoms with E-state index in [9.17, 15) is 9.59 Å². The zero-order valence-corrected chi connectivity index (χ0v) is 13.6. The van der Waals surface area contributed by atoms with Gasteiger partial charge in [0.2, 0.25) is 5.91 Å². The Labute approximate surface area is 138 Å². The molecule has 2 amide bonds. The van der Waals surface area contributed by atoms with Crippen molar-refractivity contribution in [2.45, 2.75) is 6.42 Å². The van der Waals surface area contributed by atoms with Crippen LogP contribution >= 0.6 is 15.9 Å². The van der Waals surface area contributed by atoms with Crippen LogP contribution in [0.4, 0.5) is 0 Å². The highest BCUT2D eigenvalue weighted by atomic mass is 79.9. The highest BCUT2D eigenvalue weighted by Crippen LogP contribution is 2.11. The van der Waals surface area contributed by atoms with Gasteiger partial charge in [-0.3, -0.25) is 9.59 Å². The van der Waals surface area contributed by atoms with E-state index in [0.717, 1.165) is 10.9 Å². The monoisotopic (exact) mass is 360 g/mol. The molecular formula is C17H17BrN2O2. The van der Waals surface area contributed by atoms with E-state index in [2.05, 4.69) is 26.6 Å². The zero-order chi connectivity index (χ0) is 15.8. The topological polar surface area (TPSA) is 58.2 Å². The third kappa shape index (κ3) is 5.33. The summed E-state index contributed by atoms with van der Waals surface area (Å²) in [7, 11) is 0. The van der Waals surface area contributed by atoms with Gasteiger partial charge in [0.05, 0.1) is 6.54 Å². The minimum atomic E-state index is -0.264. The first-order chi connectivity index (χ1) is 10.6. The molecule has 0 atom stereocenters. The maximum atomic E-state index is 11.9. The predicted molar refractivity (Wildman–Crippen MR) is 89.6 cm³/mol. The second kappa shape index (κ2) is 8.34. The molecule has 0 unspecified atom stereocenters. The number of benzene rings is 2. The van der Waals surface area contributed by atoms with Crippen LogP contribution in [0.25, 0.3) is 0 Å². The Hall–Kier alpha value is -2.14. The van der Waals surface area contributed by atoms with Crippen LogP contribution in [-0.4, -0.2) is 24.9 Å². The number of carbonyl (C=O) groups is 2. The van der Waals surface area contributed by atoms with Crippen LogP contribution in [-0.2, 0) is 11.2 Å². The van der Waals surface area contributed by atoms with E-state index in [1.54, 1.807) is 18.2 Å². The number of hydrogen-bond donors (Lipinski definition) is 2. The largest absolute Gasteiger partial charge is 0.354 e. The lowest BCUT2D eigenvalue weighted by molar-refractivity contribution is -0.120. The molecule has 0 saturated heterocycles. The quantitative estimate of drug-likeness (QED) is 0.831. The molecule has 0 fully saturated rings. The molecule has 0 heterocycles. The van der Waals surface area contributed by atoms with Crippen LogP contribution in [0.15, 0.2) is 59.1 Å². The lowest BCUT2D eigenvalue weighted by atomic mass is 10.1. The molecule has 0 bridgehead atoms. The molecule has 2 N–H and O–H groups in total. The Balaban J connectivity index is 1.70. The maximum absolute atomic E-state index is 11.9. The van der Waals surface area contributed by atoms with E-state index >= 15 is 0 Å². The Morgan fingerprint density at radius 3 is 2.45 bits per heavy atom. The van der Waals surface area contributed by atoms with E-state index in [1.165, 1.54) is 5.56 Å². The average molecular weight is 361 g/mol. The Morgan fingerprint density at radius 1 is 0.955 bits per heavy atom. The third-order valence-corrected chi connectivity index (χ3v) is 3.57. The van der Waals surface area contributed by atoms with Crippen LogP contribution in [0.5, 0.6) is 0 Å². The molecule has 0 aliphatic carbocycles. The van der Waals surface area contributed by atoms with Crippen molar-refractivity contribution in [3.63, 3.8) is 0 Å². The van der Waals surface area contributed by atoms with E-state index in [4.69, 9.17) is 0 Å². The summed E-state index contributed by atoms with van der Waals surface area (Å²) in [4.78, 5) is 23.6.